The summed E-state index contributed by atoms with van der Waals surface area (Å²) in [5.41, 5.74) is -0.922. The van der Waals surface area contributed by atoms with Crippen LogP contribution in [0.1, 0.15) is 70.4 Å². The molecule has 2 rings (SSSR count). The van der Waals surface area contributed by atoms with Crippen molar-refractivity contribution in [2.75, 3.05) is 32.8 Å². The molecule has 2 aromatic rings. The molecule has 0 heterocycles. The van der Waals surface area contributed by atoms with E-state index in [1.165, 1.54) is 32.1 Å². The summed E-state index contributed by atoms with van der Waals surface area (Å²) in [5, 5.41) is 11.6. The van der Waals surface area contributed by atoms with Crippen LogP contribution in [0.2, 0.25) is 0 Å². The van der Waals surface area contributed by atoms with E-state index in [-0.39, 0.29) is 6.61 Å². The molecule has 1 atom stereocenters. The van der Waals surface area contributed by atoms with E-state index in [0.717, 1.165) is 25.3 Å². The molecule has 0 saturated carbocycles. The second kappa shape index (κ2) is 14.7. The van der Waals surface area contributed by atoms with Crippen molar-refractivity contribution in [3.63, 3.8) is 0 Å². The number of aliphatic hydroxyl groups is 1. The van der Waals surface area contributed by atoms with E-state index in [1.807, 2.05) is 30.3 Å². The maximum absolute atomic E-state index is 13.1. The number of carbonyl (C=O) groups excluding carboxylic acids is 1. The highest BCUT2D eigenvalue weighted by Gasteiger charge is 2.41. The first-order valence-corrected chi connectivity index (χ1v) is 12.5. The number of esters is 1. The Labute approximate surface area is 199 Å². The first kappa shape index (κ1) is 26.9. The Morgan fingerprint density at radius 1 is 0.818 bits per heavy atom. The number of hydrogen-bond acceptors (Lipinski definition) is 5. The summed E-state index contributed by atoms with van der Waals surface area (Å²) in [6, 6.07) is 16.1. The molecule has 1 unspecified atom stereocenters. The molecule has 0 aliphatic rings. The molecular formula is C28H41NO4. The van der Waals surface area contributed by atoms with Crippen LogP contribution in [-0.2, 0) is 15.1 Å². The standard InChI is InChI=1S/C28H41NO4/c1-4-7-8-9-10-14-22-32-26-19-17-25(18-20-26)28(31,24-15-12-11-13-16-24)27(30)33-23-21-29(5-2)6-3/h11-13,15-20,31H,4-10,14,21-23H2,1-3H3. The highest BCUT2D eigenvalue weighted by Crippen LogP contribution is 2.32. The summed E-state index contributed by atoms with van der Waals surface area (Å²) in [6.45, 7) is 9.67. The summed E-state index contributed by atoms with van der Waals surface area (Å²) < 4.78 is 11.4. The number of likely N-dealkylation sites (N-methyl/N-ethyl adjacent to an activating group) is 1. The van der Waals surface area contributed by atoms with Gasteiger partial charge >= 0.3 is 5.97 Å². The van der Waals surface area contributed by atoms with E-state index < -0.39 is 11.6 Å². The molecule has 0 aromatic heterocycles. The van der Waals surface area contributed by atoms with Gasteiger partial charge in [0, 0.05) is 6.54 Å². The molecule has 5 nitrogen and oxygen atoms in total. The van der Waals surface area contributed by atoms with Gasteiger partial charge in [-0.25, -0.2) is 4.79 Å². The van der Waals surface area contributed by atoms with Crippen molar-refractivity contribution in [2.45, 2.75) is 64.9 Å². The second-order valence-corrected chi connectivity index (χ2v) is 8.38. The summed E-state index contributed by atoms with van der Waals surface area (Å²) in [6.07, 6.45) is 7.28. The van der Waals surface area contributed by atoms with Crippen LogP contribution >= 0.6 is 0 Å². The molecule has 0 amide bonds. The van der Waals surface area contributed by atoms with Gasteiger partial charge in [0.05, 0.1) is 6.61 Å². The number of carbonyl (C=O) groups is 1. The van der Waals surface area contributed by atoms with Gasteiger partial charge in [-0.15, -0.1) is 0 Å². The van der Waals surface area contributed by atoms with Crippen molar-refractivity contribution in [1.82, 2.24) is 4.90 Å². The zero-order valence-electron chi connectivity index (χ0n) is 20.6. The van der Waals surface area contributed by atoms with Crippen molar-refractivity contribution < 1.29 is 19.4 Å². The van der Waals surface area contributed by atoms with Crippen molar-refractivity contribution >= 4 is 5.97 Å². The molecule has 0 aliphatic heterocycles. The average Bonchev–Trinajstić information content (AvgIpc) is 2.86. The summed E-state index contributed by atoms with van der Waals surface area (Å²) in [7, 11) is 0. The van der Waals surface area contributed by atoms with E-state index >= 15 is 0 Å². The molecule has 5 heteroatoms. The van der Waals surface area contributed by atoms with Gasteiger partial charge in [0.1, 0.15) is 12.4 Å². The van der Waals surface area contributed by atoms with Crippen LogP contribution in [0.25, 0.3) is 0 Å². The minimum atomic E-state index is -1.87. The maximum Gasteiger partial charge on any atom is 0.347 e. The minimum Gasteiger partial charge on any atom is -0.494 e. The summed E-state index contributed by atoms with van der Waals surface area (Å²) in [5.74, 6) is 0.0687. The zero-order chi connectivity index (χ0) is 23.9. The minimum absolute atomic E-state index is 0.231. The fourth-order valence-corrected chi connectivity index (χ4v) is 3.86. The van der Waals surface area contributed by atoms with Crippen molar-refractivity contribution in [3.8, 4) is 5.75 Å². The van der Waals surface area contributed by atoms with Gasteiger partial charge in [-0.05, 0) is 42.8 Å². The first-order valence-electron chi connectivity index (χ1n) is 12.5. The lowest BCUT2D eigenvalue weighted by molar-refractivity contribution is -0.162. The molecule has 33 heavy (non-hydrogen) atoms. The number of rotatable bonds is 16. The second-order valence-electron chi connectivity index (χ2n) is 8.38. The number of hydrogen-bond donors (Lipinski definition) is 1. The van der Waals surface area contributed by atoms with Gasteiger partial charge in [-0.1, -0.05) is 95.3 Å². The van der Waals surface area contributed by atoms with Crippen molar-refractivity contribution in [2.24, 2.45) is 0 Å². The van der Waals surface area contributed by atoms with E-state index in [4.69, 9.17) is 9.47 Å². The van der Waals surface area contributed by atoms with Crippen LogP contribution < -0.4 is 4.74 Å². The van der Waals surface area contributed by atoms with Gasteiger partial charge in [-0.2, -0.15) is 0 Å². The van der Waals surface area contributed by atoms with Gasteiger partial charge in [0.25, 0.3) is 0 Å². The number of unbranched alkanes of at least 4 members (excludes halogenated alkanes) is 5. The van der Waals surface area contributed by atoms with Gasteiger partial charge in [-0.3, -0.25) is 0 Å². The van der Waals surface area contributed by atoms with Crippen molar-refractivity contribution in [1.29, 1.82) is 0 Å². The smallest absolute Gasteiger partial charge is 0.347 e. The summed E-state index contributed by atoms with van der Waals surface area (Å²) in [4.78, 5) is 15.3. The fourth-order valence-electron chi connectivity index (χ4n) is 3.86. The molecule has 1 N–H and O–H groups in total. The number of ether oxygens (including phenoxy) is 2. The third-order valence-corrected chi connectivity index (χ3v) is 6.06. The topological polar surface area (TPSA) is 59.0 Å². The number of nitrogens with zero attached hydrogens (tertiary/aromatic N) is 1. The summed E-state index contributed by atoms with van der Waals surface area (Å²) >= 11 is 0. The molecule has 0 bridgehead atoms. The Kier molecular flexibility index (Phi) is 12.0. The van der Waals surface area contributed by atoms with Crippen LogP contribution in [0.15, 0.2) is 54.6 Å². The predicted octanol–water partition coefficient (Wildman–Crippen LogP) is 5.55. The normalized spacial score (nSPS) is 13.0. The molecule has 0 spiro atoms. The van der Waals surface area contributed by atoms with Gasteiger partial charge < -0.3 is 19.5 Å². The third kappa shape index (κ3) is 8.17. The van der Waals surface area contributed by atoms with Gasteiger partial charge in [0.2, 0.25) is 5.60 Å². The molecule has 0 aliphatic carbocycles. The van der Waals surface area contributed by atoms with E-state index in [0.29, 0.717) is 24.3 Å². The fraction of sp³-hybridized carbons (Fsp3) is 0.536. The monoisotopic (exact) mass is 455 g/mol. The van der Waals surface area contributed by atoms with Crippen LogP contribution in [0.4, 0.5) is 0 Å². The highest BCUT2D eigenvalue weighted by atomic mass is 16.5. The zero-order valence-corrected chi connectivity index (χ0v) is 20.6. The van der Waals surface area contributed by atoms with E-state index in [2.05, 4.69) is 25.7 Å². The lowest BCUT2D eigenvalue weighted by Crippen LogP contribution is -2.40. The van der Waals surface area contributed by atoms with E-state index in [1.54, 1.807) is 24.3 Å². The largest absolute Gasteiger partial charge is 0.494 e. The quantitative estimate of drug-likeness (QED) is 0.266. The molecular weight excluding hydrogens is 414 g/mol. The maximum atomic E-state index is 13.1. The Hall–Kier alpha value is -2.37. The van der Waals surface area contributed by atoms with Crippen LogP contribution in [0.3, 0.4) is 0 Å². The Morgan fingerprint density at radius 3 is 2.06 bits per heavy atom. The van der Waals surface area contributed by atoms with Crippen LogP contribution in [-0.4, -0.2) is 48.8 Å². The van der Waals surface area contributed by atoms with Crippen LogP contribution in [0.5, 0.6) is 5.75 Å². The molecule has 0 radical (unpaired) electrons. The lowest BCUT2D eigenvalue weighted by Gasteiger charge is -2.28. The SMILES string of the molecule is CCCCCCCCOc1ccc(C(O)(C(=O)OCCN(CC)CC)c2ccccc2)cc1. The van der Waals surface area contributed by atoms with Crippen molar-refractivity contribution in [3.05, 3.63) is 65.7 Å². The first-order chi connectivity index (χ1) is 16.1. The van der Waals surface area contributed by atoms with Gasteiger partial charge in [0.15, 0.2) is 0 Å². The molecule has 182 valence electrons. The Morgan fingerprint density at radius 2 is 1.42 bits per heavy atom. The Balaban J connectivity index is 2.04. The highest BCUT2D eigenvalue weighted by molar-refractivity contribution is 5.85. The Bertz CT molecular complexity index is 789. The molecule has 0 fully saturated rings. The number of benzene rings is 2. The molecule has 0 saturated heterocycles. The average molecular weight is 456 g/mol. The van der Waals surface area contributed by atoms with E-state index in [9.17, 15) is 9.90 Å². The predicted molar refractivity (Wildman–Crippen MR) is 134 cm³/mol. The van der Waals surface area contributed by atoms with Crippen LogP contribution in [0, 0.1) is 0 Å². The third-order valence-electron chi connectivity index (χ3n) is 6.06. The molecule has 2 aromatic carbocycles. The lowest BCUT2D eigenvalue weighted by atomic mass is 9.86.